The van der Waals surface area contributed by atoms with E-state index in [9.17, 15) is 0 Å². The van der Waals surface area contributed by atoms with Gasteiger partial charge in [0.05, 0.1) is 0 Å². The third kappa shape index (κ3) is 6.50. The summed E-state index contributed by atoms with van der Waals surface area (Å²) in [6.07, 6.45) is 7.72. The molecule has 0 bridgehead atoms. The van der Waals surface area contributed by atoms with Gasteiger partial charge < -0.3 is 9.80 Å². The minimum Gasteiger partial charge on any atom is -0.310 e. The summed E-state index contributed by atoms with van der Waals surface area (Å²) in [5, 5.41) is 5.05. The maximum atomic E-state index is 2.55. The molecule has 0 saturated heterocycles. The van der Waals surface area contributed by atoms with Crippen LogP contribution in [0.15, 0.2) is 237 Å². The Bertz CT molecular complexity index is 4350. The summed E-state index contributed by atoms with van der Waals surface area (Å²) in [6, 6.07) is 85.5. The number of anilines is 6. The zero-order valence-corrected chi connectivity index (χ0v) is 44.6. The molecule has 0 spiro atoms. The molecule has 16 rings (SSSR count). The Kier molecular flexibility index (Phi) is 9.72. The lowest BCUT2D eigenvalue weighted by molar-refractivity contribution is 0.418. The van der Waals surface area contributed by atoms with E-state index < -0.39 is 0 Å². The Labute approximate surface area is 457 Å². The third-order valence-corrected chi connectivity index (χ3v) is 18.8. The van der Waals surface area contributed by atoms with Crippen molar-refractivity contribution >= 4 is 66.8 Å². The average molecular weight is 999 g/mol. The van der Waals surface area contributed by atoms with E-state index in [1.807, 2.05) is 0 Å². The van der Waals surface area contributed by atoms with E-state index in [0.29, 0.717) is 5.92 Å². The lowest BCUT2D eigenvalue weighted by atomic mass is 9.71. The molecular formula is C76H58N2. The first-order valence-corrected chi connectivity index (χ1v) is 28.0. The standard InChI is InChI=1S/C76H58N2/c1-75(2)65-27-13-11-24-56(65)58-37-33-47(43-67(58)75)55-23-9-10-26-60(55)74-62-40-36-53(77-69-29-15-5-19-48(69)41-49-20-6-16-30-70(49)77)45-63(62)73(52-34-38-59-57-25-12-14-28-66(57)76(3,4)68(59)44-52)61-39-35-54(46-64(61)74)78-71-31-17-7-21-50(71)42-51-22-8-18-32-72(51)78/h5-40,43,45-46,68H,41-42,44H2,1-4H3. The van der Waals surface area contributed by atoms with Crippen LogP contribution in [0.25, 0.3) is 66.1 Å². The van der Waals surface area contributed by atoms with Gasteiger partial charge in [-0.15, -0.1) is 0 Å². The van der Waals surface area contributed by atoms with Crippen molar-refractivity contribution < 1.29 is 0 Å². The molecule has 1 atom stereocenters. The van der Waals surface area contributed by atoms with Gasteiger partial charge in [0.2, 0.25) is 0 Å². The van der Waals surface area contributed by atoms with E-state index in [-0.39, 0.29) is 10.8 Å². The fourth-order valence-electron chi connectivity index (χ4n) is 15.0. The molecule has 0 saturated carbocycles. The average Bonchev–Trinajstić information content (AvgIpc) is 4.02. The van der Waals surface area contributed by atoms with Crippen LogP contribution >= 0.6 is 0 Å². The van der Waals surface area contributed by atoms with Crippen molar-refractivity contribution in [3.05, 3.63) is 287 Å². The molecule has 0 N–H and O–H groups in total. The van der Waals surface area contributed by atoms with Gasteiger partial charge in [-0.1, -0.05) is 210 Å². The van der Waals surface area contributed by atoms with Crippen LogP contribution in [0.3, 0.4) is 0 Å². The quantitative estimate of drug-likeness (QED) is 0.159. The number of hydrogen-bond acceptors (Lipinski definition) is 2. The van der Waals surface area contributed by atoms with Crippen LogP contribution in [0.2, 0.25) is 0 Å². The number of nitrogens with zero attached hydrogens (tertiary/aromatic N) is 2. The maximum absolute atomic E-state index is 2.55. The number of allylic oxidation sites excluding steroid dienone is 4. The molecule has 0 fully saturated rings. The van der Waals surface area contributed by atoms with Crippen molar-refractivity contribution in [2.45, 2.75) is 57.8 Å². The molecule has 2 aliphatic heterocycles. The fraction of sp³-hybridized carbons (Fsp3) is 0.132. The topological polar surface area (TPSA) is 6.48 Å². The summed E-state index contributed by atoms with van der Waals surface area (Å²) in [7, 11) is 0. The normalized spacial score (nSPS) is 16.7. The number of fused-ring (bicyclic) bond motifs is 12. The Morgan fingerprint density at radius 2 is 0.821 bits per heavy atom. The first kappa shape index (κ1) is 45.2. The fourth-order valence-corrected chi connectivity index (χ4v) is 15.0. The minimum absolute atomic E-state index is 0.0349. The van der Waals surface area contributed by atoms with Gasteiger partial charge in [0.25, 0.3) is 0 Å². The van der Waals surface area contributed by atoms with Gasteiger partial charge in [-0.3, -0.25) is 0 Å². The summed E-state index contributed by atoms with van der Waals surface area (Å²) in [6.45, 7) is 9.73. The molecule has 11 aromatic carbocycles. The van der Waals surface area contributed by atoms with Crippen LogP contribution in [0.1, 0.15) is 84.2 Å². The van der Waals surface area contributed by atoms with Crippen LogP contribution in [0.5, 0.6) is 0 Å². The molecule has 0 aromatic heterocycles. The van der Waals surface area contributed by atoms with Crippen molar-refractivity contribution in [1.82, 2.24) is 0 Å². The number of para-hydroxylation sites is 4. The second-order valence-corrected chi connectivity index (χ2v) is 23.6. The summed E-state index contributed by atoms with van der Waals surface area (Å²) in [5.41, 5.74) is 29.9. The molecule has 0 amide bonds. The first-order valence-electron chi connectivity index (χ1n) is 28.0. The van der Waals surface area contributed by atoms with Gasteiger partial charge in [-0.25, -0.2) is 0 Å². The highest BCUT2D eigenvalue weighted by Gasteiger charge is 2.44. The van der Waals surface area contributed by atoms with E-state index in [1.165, 1.54) is 145 Å². The van der Waals surface area contributed by atoms with E-state index in [4.69, 9.17) is 0 Å². The van der Waals surface area contributed by atoms with Gasteiger partial charge in [-0.2, -0.15) is 0 Å². The molecule has 372 valence electrons. The summed E-state index contributed by atoms with van der Waals surface area (Å²) in [4.78, 5) is 5.05. The second kappa shape index (κ2) is 16.8. The van der Waals surface area contributed by atoms with Gasteiger partial charge >= 0.3 is 0 Å². The largest absolute Gasteiger partial charge is 0.310 e. The molecular weight excluding hydrogens is 941 g/mol. The number of rotatable bonds is 5. The van der Waals surface area contributed by atoms with E-state index in [2.05, 4.69) is 274 Å². The predicted molar refractivity (Wildman–Crippen MR) is 328 cm³/mol. The van der Waals surface area contributed by atoms with Crippen molar-refractivity contribution in [2.24, 2.45) is 5.92 Å². The highest BCUT2D eigenvalue weighted by atomic mass is 15.2. The van der Waals surface area contributed by atoms with Crippen LogP contribution in [0, 0.1) is 5.92 Å². The molecule has 78 heavy (non-hydrogen) atoms. The van der Waals surface area contributed by atoms with Crippen LogP contribution in [0.4, 0.5) is 34.1 Å². The Balaban J connectivity index is 1.00. The van der Waals surface area contributed by atoms with E-state index in [0.717, 1.165) is 24.9 Å². The maximum Gasteiger partial charge on any atom is 0.0497 e. The summed E-state index contributed by atoms with van der Waals surface area (Å²) >= 11 is 0. The second-order valence-electron chi connectivity index (χ2n) is 23.6. The monoisotopic (exact) mass is 998 g/mol. The van der Waals surface area contributed by atoms with Gasteiger partial charge in [0, 0.05) is 52.4 Å². The van der Waals surface area contributed by atoms with Crippen LogP contribution in [-0.2, 0) is 23.7 Å². The molecule has 3 aliphatic carbocycles. The summed E-state index contributed by atoms with van der Waals surface area (Å²) < 4.78 is 0. The SMILES string of the molecule is CC1(C)c2ccccc2-c2ccc(-c3ccccc3-c3c4ccc(N5c6ccccc6Cc6ccccc65)cc4c(C4=CC=C5c6ccccc6C(C)(C)C5C4)c4ccc(N5c6ccccc6Cc6ccccc65)cc34)cc21. The van der Waals surface area contributed by atoms with Crippen molar-refractivity contribution in [1.29, 1.82) is 0 Å². The lowest BCUT2D eigenvalue weighted by Gasteiger charge is -2.35. The Morgan fingerprint density at radius 3 is 1.41 bits per heavy atom. The van der Waals surface area contributed by atoms with Crippen LogP contribution in [-0.4, -0.2) is 0 Å². The van der Waals surface area contributed by atoms with Gasteiger partial charge in [0.1, 0.15) is 0 Å². The van der Waals surface area contributed by atoms with Gasteiger partial charge in [-0.05, 0) is 188 Å². The van der Waals surface area contributed by atoms with E-state index >= 15 is 0 Å². The molecule has 2 heterocycles. The zero-order chi connectivity index (χ0) is 52.0. The Hall–Kier alpha value is -8.98. The van der Waals surface area contributed by atoms with E-state index in [1.54, 1.807) is 0 Å². The zero-order valence-electron chi connectivity index (χ0n) is 44.6. The van der Waals surface area contributed by atoms with Crippen molar-refractivity contribution in [2.75, 3.05) is 9.80 Å². The number of benzene rings is 11. The van der Waals surface area contributed by atoms with Crippen molar-refractivity contribution in [3.63, 3.8) is 0 Å². The first-order chi connectivity index (χ1) is 38.2. The highest BCUT2D eigenvalue weighted by Crippen LogP contribution is 2.58. The van der Waals surface area contributed by atoms with Crippen LogP contribution < -0.4 is 9.80 Å². The molecule has 11 aromatic rings. The molecule has 0 radical (unpaired) electrons. The number of hydrogen-bond donors (Lipinski definition) is 0. The lowest BCUT2D eigenvalue weighted by Crippen LogP contribution is -2.25. The van der Waals surface area contributed by atoms with Gasteiger partial charge in [0.15, 0.2) is 0 Å². The molecule has 2 heteroatoms. The Morgan fingerprint density at radius 1 is 0.359 bits per heavy atom. The smallest absolute Gasteiger partial charge is 0.0497 e. The molecule has 5 aliphatic rings. The minimum atomic E-state index is -0.132. The molecule has 2 nitrogen and oxygen atoms in total. The predicted octanol–water partition coefficient (Wildman–Crippen LogP) is 20.2. The highest BCUT2D eigenvalue weighted by molar-refractivity contribution is 6.22. The third-order valence-electron chi connectivity index (χ3n) is 18.8. The van der Waals surface area contributed by atoms with Crippen molar-refractivity contribution in [3.8, 4) is 33.4 Å². The molecule has 1 unspecified atom stereocenters. The summed E-state index contributed by atoms with van der Waals surface area (Å²) in [5.74, 6) is 0.334.